The first-order valence-electron chi connectivity index (χ1n) is 10.4. The Morgan fingerprint density at radius 2 is 2.10 bits per heavy atom. The molecule has 0 radical (unpaired) electrons. The molecule has 1 heterocycles. The maximum atomic E-state index is 12.4. The monoisotopic (exact) mass is 391 g/mol. The number of hydrogen-bond donors (Lipinski definition) is 1. The molecule has 2 aromatic rings. The van der Waals surface area contributed by atoms with Crippen molar-refractivity contribution in [1.82, 2.24) is 10.2 Å². The van der Waals surface area contributed by atoms with E-state index >= 15 is 0 Å². The highest BCUT2D eigenvalue weighted by atomic mass is 16.5. The average Bonchev–Trinajstić information content (AvgIpc) is 2.76. The van der Waals surface area contributed by atoms with Crippen LogP contribution in [0.2, 0.25) is 0 Å². The summed E-state index contributed by atoms with van der Waals surface area (Å²) in [5.41, 5.74) is 2.19. The third-order valence-electron chi connectivity index (χ3n) is 5.26. The van der Waals surface area contributed by atoms with Crippen molar-refractivity contribution in [3.63, 3.8) is 0 Å². The largest absolute Gasteiger partial charge is 0.489 e. The van der Waals surface area contributed by atoms with Gasteiger partial charge in [0.25, 0.3) is 5.91 Å². The lowest BCUT2D eigenvalue weighted by molar-refractivity contribution is 0.0950. The quantitative estimate of drug-likeness (QED) is 0.691. The molecular formula is C24H29N3O2. The number of likely N-dealkylation sites (tertiary alicyclic amines) is 1. The molecule has 1 aliphatic rings. The summed E-state index contributed by atoms with van der Waals surface area (Å²) in [6.07, 6.45) is 3.59. The second-order valence-electron chi connectivity index (χ2n) is 7.78. The first kappa shape index (κ1) is 20.9. The van der Waals surface area contributed by atoms with Crippen LogP contribution in [-0.2, 0) is 6.61 Å². The van der Waals surface area contributed by atoms with Crippen LogP contribution in [0.5, 0.6) is 5.75 Å². The van der Waals surface area contributed by atoms with Crippen molar-refractivity contribution >= 4 is 5.91 Å². The fourth-order valence-corrected chi connectivity index (χ4v) is 3.69. The maximum absolute atomic E-state index is 12.4. The van der Waals surface area contributed by atoms with Crippen LogP contribution in [0.1, 0.15) is 47.7 Å². The van der Waals surface area contributed by atoms with Gasteiger partial charge in [0.15, 0.2) is 0 Å². The summed E-state index contributed by atoms with van der Waals surface area (Å²) in [4.78, 5) is 15.0. The predicted octanol–water partition coefficient (Wildman–Crippen LogP) is 3.99. The van der Waals surface area contributed by atoms with Crippen molar-refractivity contribution < 1.29 is 9.53 Å². The molecule has 1 amide bonds. The van der Waals surface area contributed by atoms with Crippen LogP contribution in [0.15, 0.2) is 48.5 Å². The summed E-state index contributed by atoms with van der Waals surface area (Å²) < 4.78 is 5.75. The van der Waals surface area contributed by atoms with Crippen LogP contribution in [0, 0.1) is 17.2 Å². The molecule has 1 unspecified atom stereocenters. The number of carbonyl (C=O) groups is 1. The lowest BCUT2D eigenvalue weighted by Gasteiger charge is -2.30. The fraction of sp³-hybridized carbons (Fsp3) is 0.417. The second-order valence-corrected chi connectivity index (χ2v) is 7.78. The number of amides is 1. The number of piperidine rings is 1. The molecule has 0 bridgehead atoms. The molecule has 5 heteroatoms. The highest BCUT2D eigenvalue weighted by Crippen LogP contribution is 2.16. The number of rotatable bonds is 8. The van der Waals surface area contributed by atoms with Gasteiger partial charge in [0, 0.05) is 18.7 Å². The van der Waals surface area contributed by atoms with E-state index in [0.717, 1.165) is 24.4 Å². The molecule has 0 aromatic heterocycles. The number of carbonyl (C=O) groups excluding carboxylic acids is 1. The van der Waals surface area contributed by atoms with Crippen molar-refractivity contribution in [2.75, 3.05) is 26.2 Å². The van der Waals surface area contributed by atoms with Crippen LogP contribution >= 0.6 is 0 Å². The van der Waals surface area contributed by atoms with Gasteiger partial charge in [0.1, 0.15) is 12.4 Å². The van der Waals surface area contributed by atoms with Gasteiger partial charge in [-0.25, -0.2) is 0 Å². The van der Waals surface area contributed by atoms with E-state index in [2.05, 4.69) is 23.2 Å². The van der Waals surface area contributed by atoms with E-state index in [0.29, 0.717) is 30.0 Å². The van der Waals surface area contributed by atoms with Crippen LogP contribution in [0.4, 0.5) is 0 Å². The molecule has 152 valence electrons. The zero-order chi connectivity index (χ0) is 20.5. The van der Waals surface area contributed by atoms with E-state index in [1.165, 1.54) is 25.9 Å². The summed E-state index contributed by atoms with van der Waals surface area (Å²) in [5, 5.41) is 11.9. The molecule has 2 aromatic carbocycles. The Labute approximate surface area is 173 Å². The summed E-state index contributed by atoms with van der Waals surface area (Å²) in [6, 6.07) is 16.6. The van der Waals surface area contributed by atoms with E-state index in [9.17, 15) is 4.79 Å². The van der Waals surface area contributed by atoms with E-state index < -0.39 is 0 Å². The number of ether oxygens (including phenoxy) is 1. The van der Waals surface area contributed by atoms with Gasteiger partial charge >= 0.3 is 0 Å². The Morgan fingerprint density at radius 3 is 2.86 bits per heavy atom. The zero-order valence-corrected chi connectivity index (χ0v) is 17.1. The SMILES string of the molecule is CC1CCCN(CCCNC(=O)c2cccc(COc3ccc(C#N)cc3)c2)C1. The van der Waals surface area contributed by atoms with Crippen molar-refractivity contribution in [3.8, 4) is 11.8 Å². The smallest absolute Gasteiger partial charge is 0.251 e. The highest BCUT2D eigenvalue weighted by Gasteiger charge is 2.15. The molecule has 1 fully saturated rings. The third-order valence-corrected chi connectivity index (χ3v) is 5.26. The summed E-state index contributed by atoms with van der Waals surface area (Å²) in [5.74, 6) is 1.44. The summed E-state index contributed by atoms with van der Waals surface area (Å²) in [7, 11) is 0. The minimum Gasteiger partial charge on any atom is -0.489 e. The lowest BCUT2D eigenvalue weighted by Crippen LogP contribution is -2.36. The second kappa shape index (κ2) is 10.6. The van der Waals surface area contributed by atoms with E-state index in [4.69, 9.17) is 10.00 Å². The van der Waals surface area contributed by atoms with Gasteiger partial charge in [-0.2, -0.15) is 5.26 Å². The Balaban J connectivity index is 1.43. The molecule has 29 heavy (non-hydrogen) atoms. The standard InChI is InChI=1S/C24H29N3O2/c1-19-5-3-13-27(17-19)14-4-12-26-24(28)22-7-2-6-21(15-22)18-29-23-10-8-20(16-25)9-11-23/h2,6-11,15,19H,3-5,12-14,17-18H2,1H3,(H,26,28). The molecule has 5 nitrogen and oxygen atoms in total. The first-order chi connectivity index (χ1) is 14.1. The average molecular weight is 392 g/mol. The van der Waals surface area contributed by atoms with Gasteiger partial charge in [-0.1, -0.05) is 19.1 Å². The Kier molecular flexibility index (Phi) is 7.66. The van der Waals surface area contributed by atoms with Gasteiger partial charge in [0.2, 0.25) is 0 Å². The first-order valence-corrected chi connectivity index (χ1v) is 10.4. The molecule has 0 aliphatic carbocycles. The van der Waals surface area contributed by atoms with Gasteiger partial charge in [0.05, 0.1) is 11.6 Å². The van der Waals surface area contributed by atoms with Crippen LogP contribution in [0.3, 0.4) is 0 Å². The van der Waals surface area contributed by atoms with Crippen LogP contribution in [0.25, 0.3) is 0 Å². The lowest BCUT2D eigenvalue weighted by atomic mass is 10.0. The van der Waals surface area contributed by atoms with Crippen molar-refractivity contribution in [1.29, 1.82) is 5.26 Å². The number of nitrogens with zero attached hydrogens (tertiary/aromatic N) is 2. The molecule has 1 atom stereocenters. The van der Waals surface area contributed by atoms with E-state index in [-0.39, 0.29) is 5.91 Å². The minimum absolute atomic E-state index is 0.0442. The van der Waals surface area contributed by atoms with Crippen molar-refractivity contribution in [2.24, 2.45) is 5.92 Å². The van der Waals surface area contributed by atoms with Gasteiger partial charge < -0.3 is 15.0 Å². The van der Waals surface area contributed by atoms with E-state index in [1.54, 1.807) is 24.3 Å². The van der Waals surface area contributed by atoms with Gasteiger partial charge in [-0.15, -0.1) is 0 Å². The Morgan fingerprint density at radius 1 is 1.28 bits per heavy atom. The number of nitrogens with one attached hydrogen (secondary N) is 1. The molecule has 0 saturated carbocycles. The molecular weight excluding hydrogens is 362 g/mol. The predicted molar refractivity (Wildman–Crippen MR) is 114 cm³/mol. The summed E-state index contributed by atoms with van der Waals surface area (Å²) in [6.45, 7) is 6.78. The van der Waals surface area contributed by atoms with Crippen LogP contribution < -0.4 is 10.1 Å². The fourth-order valence-electron chi connectivity index (χ4n) is 3.69. The minimum atomic E-state index is -0.0442. The van der Waals surface area contributed by atoms with Crippen LogP contribution in [-0.4, -0.2) is 37.0 Å². The highest BCUT2D eigenvalue weighted by molar-refractivity contribution is 5.94. The van der Waals surface area contributed by atoms with E-state index in [1.807, 2.05) is 24.3 Å². The molecule has 0 spiro atoms. The maximum Gasteiger partial charge on any atom is 0.251 e. The molecule has 1 aliphatic heterocycles. The van der Waals surface area contributed by atoms with Crippen molar-refractivity contribution in [3.05, 3.63) is 65.2 Å². The third kappa shape index (κ3) is 6.62. The normalized spacial score (nSPS) is 16.8. The Bertz CT molecular complexity index is 842. The van der Waals surface area contributed by atoms with Gasteiger partial charge in [-0.05, 0) is 80.2 Å². The number of nitriles is 1. The molecule has 1 saturated heterocycles. The zero-order valence-electron chi connectivity index (χ0n) is 17.1. The Hall–Kier alpha value is -2.84. The topological polar surface area (TPSA) is 65.4 Å². The van der Waals surface area contributed by atoms with Gasteiger partial charge in [-0.3, -0.25) is 4.79 Å². The number of hydrogen-bond acceptors (Lipinski definition) is 4. The molecule has 1 N–H and O–H groups in total. The number of benzene rings is 2. The molecule has 3 rings (SSSR count). The van der Waals surface area contributed by atoms with Crippen molar-refractivity contribution in [2.45, 2.75) is 32.8 Å². The summed E-state index contributed by atoms with van der Waals surface area (Å²) >= 11 is 0.